The van der Waals surface area contributed by atoms with E-state index in [0.717, 1.165) is 18.9 Å². The van der Waals surface area contributed by atoms with Crippen molar-refractivity contribution in [2.24, 2.45) is 0 Å². The fraction of sp³-hybridized carbons (Fsp3) is 0.615. The van der Waals surface area contributed by atoms with Gasteiger partial charge in [0.05, 0.1) is 7.11 Å². The normalized spacial score (nSPS) is 26.0. The van der Waals surface area contributed by atoms with Gasteiger partial charge in [-0.2, -0.15) is 4.98 Å². The Morgan fingerprint density at radius 2 is 1.88 bits per heavy atom. The molecule has 4 heteroatoms. The van der Waals surface area contributed by atoms with Crippen molar-refractivity contribution in [3.05, 3.63) is 18.2 Å². The zero-order valence-corrected chi connectivity index (χ0v) is 11.1. The van der Waals surface area contributed by atoms with E-state index in [1.165, 1.54) is 0 Å². The molecule has 0 aromatic carbocycles. The van der Waals surface area contributed by atoms with Gasteiger partial charge in [-0.3, -0.25) is 4.90 Å². The second-order valence-electron chi connectivity index (χ2n) is 4.81. The SMILES string of the molecule is COc1cccc(N2C[C@@H](C)N(C)[C@@H](C)C2)n1. The van der Waals surface area contributed by atoms with Crippen LogP contribution in [0.15, 0.2) is 18.2 Å². The van der Waals surface area contributed by atoms with Gasteiger partial charge in [0.2, 0.25) is 5.88 Å². The molecule has 1 aromatic rings. The second-order valence-corrected chi connectivity index (χ2v) is 4.81. The van der Waals surface area contributed by atoms with Gasteiger partial charge in [-0.05, 0) is 27.0 Å². The molecule has 17 heavy (non-hydrogen) atoms. The van der Waals surface area contributed by atoms with Crippen LogP contribution in [0, 0.1) is 0 Å². The van der Waals surface area contributed by atoms with Crippen LogP contribution in [0.25, 0.3) is 0 Å². The highest BCUT2D eigenvalue weighted by molar-refractivity contribution is 5.41. The first-order valence-electron chi connectivity index (χ1n) is 6.09. The van der Waals surface area contributed by atoms with Crippen molar-refractivity contribution in [2.75, 3.05) is 32.1 Å². The molecule has 1 aromatic heterocycles. The molecule has 2 heterocycles. The maximum atomic E-state index is 5.17. The van der Waals surface area contributed by atoms with E-state index in [9.17, 15) is 0 Å². The first-order valence-corrected chi connectivity index (χ1v) is 6.09. The predicted molar refractivity (Wildman–Crippen MR) is 69.7 cm³/mol. The molecule has 0 saturated carbocycles. The lowest BCUT2D eigenvalue weighted by atomic mass is 10.1. The average Bonchev–Trinajstić information content (AvgIpc) is 2.35. The van der Waals surface area contributed by atoms with Crippen molar-refractivity contribution in [3.8, 4) is 5.88 Å². The summed E-state index contributed by atoms with van der Waals surface area (Å²) in [6, 6.07) is 7.02. The summed E-state index contributed by atoms with van der Waals surface area (Å²) in [5.74, 6) is 1.69. The average molecular weight is 235 g/mol. The Morgan fingerprint density at radius 1 is 1.24 bits per heavy atom. The van der Waals surface area contributed by atoms with Crippen LogP contribution in [-0.2, 0) is 0 Å². The smallest absolute Gasteiger partial charge is 0.214 e. The van der Waals surface area contributed by atoms with Crippen LogP contribution in [0.3, 0.4) is 0 Å². The standard InChI is InChI=1S/C13H21N3O/c1-10-8-16(9-11(2)15(10)3)12-6-5-7-13(14-12)17-4/h5-7,10-11H,8-9H2,1-4H3/t10-,11+. The molecular formula is C13H21N3O. The third-order valence-corrected chi connectivity index (χ3v) is 3.60. The number of likely N-dealkylation sites (N-methyl/N-ethyl adjacent to an activating group) is 1. The van der Waals surface area contributed by atoms with Gasteiger partial charge in [-0.15, -0.1) is 0 Å². The van der Waals surface area contributed by atoms with Crippen molar-refractivity contribution in [2.45, 2.75) is 25.9 Å². The van der Waals surface area contributed by atoms with Crippen LogP contribution in [0.1, 0.15) is 13.8 Å². The molecule has 2 atom stereocenters. The van der Waals surface area contributed by atoms with Crippen LogP contribution in [0.4, 0.5) is 5.82 Å². The summed E-state index contributed by atoms with van der Waals surface area (Å²) in [7, 11) is 3.84. The maximum absolute atomic E-state index is 5.17. The first-order chi connectivity index (χ1) is 8.11. The molecule has 1 aliphatic heterocycles. The van der Waals surface area contributed by atoms with Gasteiger partial charge in [-0.1, -0.05) is 6.07 Å². The van der Waals surface area contributed by atoms with Crippen molar-refractivity contribution in [1.29, 1.82) is 0 Å². The number of rotatable bonds is 2. The monoisotopic (exact) mass is 235 g/mol. The first kappa shape index (κ1) is 12.2. The summed E-state index contributed by atoms with van der Waals surface area (Å²) in [6.45, 7) is 6.54. The van der Waals surface area contributed by atoms with E-state index < -0.39 is 0 Å². The number of methoxy groups -OCH3 is 1. The highest BCUT2D eigenvalue weighted by atomic mass is 16.5. The third-order valence-electron chi connectivity index (χ3n) is 3.60. The fourth-order valence-corrected chi connectivity index (χ4v) is 2.29. The summed E-state index contributed by atoms with van der Waals surface area (Å²) >= 11 is 0. The van der Waals surface area contributed by atoms with E-state index >= 15 is 0 Å². The molecule has 2 rings (SSSR count). The summed E-state index contributed by atoms with van der Waals surface area (Å²) in [5.41, 5.74) is 0. The molecule has 0 spiro atoms. The number of pyridine rings is 1. The number of piperazine rings is 1. The van der Waals surface area contributed by atoms with E-state index in [4.69, 9.17) is 4.74 Å². The Balaban J connectivity index is 2.16. The molecule has 1 fully saturated rings. The Morgan fingerprint density at radius 3 is 2.47 bits per heavy atom. The van der Waals surface area contributed by atoms with Crippen molar-refractivity contribution < 1.29 is 4.74 Å². The molecule has 4 nitrogen and oxygen atoms in total. The van der Waals surface area contributed by atoms with E-state index in [1.807, 2.05) is 18.2 Å². The highest BCUT2D eigenvalue weighted by Crippen LogP contribution is 2.21. The Bertz CT molecular complexity index is 371. The van der Waals surface area contributed by atoms with Crippen molar-refractivity contribution in [1.82, 2.24) is 9.88 Å². The quantitative estimate of drug-likeness (QED) is 0.779. The predicted octanol–water partition coefficient (Wildman–Crippen LogP) is 1.62. The summed E-state index contributed by atoms with van der Waals surface area (Å²) in [6.07, 6.45) is 0. The number of anilines is 1. The minimum Gasteiger partial charge on any atom is -0.481 e. The Hall–Kier alpha value is -1.29. The molecule has 0 unspecified atom stereocenters. The van der Waals surface area contributed by atoms with Gasteiger partial charge in [0.1, 0.15) is 5.82 Å². The van der Waals surface area contributed by atoms with Crippen molar-refractivity contribution in [3.63, 3.8) is 0 Å². The number of hydrogen-bond acceptors (Lipinski definition) is 4. The number of hydrogen-bond donors (Lipinski definition) is 0. The lowest BCUT2D eigenvalue weighted by Crippen LogP contribution is -2.55. The minimum atomic E-state index is 0.548. The summed E-state index contributed by atoms with van der Waals surface area (Å²) in [5, 5.41) is 0. The van der Waals surface area contributed by atoms with E-state index in [1.54, 1.807) is 7.11 Å². The fourth-order valence-electron chi connectivity index (χ4n) is 2.29. The van der Waals surface area contributed by atoms with Crippen LogP contribution in [0.2, 0.25) is 0 Å². The molecule has 94 valence electrons. The minimum absolute atomic E-state index is 0.548. The van der Waals surface area contributed by atoms with Crippen LogP contribution in [-0.4, -0.2) is 49.2 Å². The largest absolute Gasteiger partial charge is 0.481 e. The van der Waals surface area contributed by atoms with Gasteiger partial charge in [-0.25, -0.2) is 0 Å². The molecule has 0 bridgehead atoms. The number of nitrogens with zero attached hydrogens (tertiary/aromatic N) is 3. The van der Waals surface area contributed by atoms with Gasteiger partial charge < -0.3 is 9.64 Å². The van der Waals surface area contributed by atoms with E-state index in [-0.39, 0.29) is 0 Å². The molecule has 0 amide bonds. The molecule has 0 radical (unpaired) electrons. The third kappa shape index (κ3) is 2.52. The zero-order chi connectivity index (χ0) is 12.4. The lowest BCUT2D eigenvalue weighted by molar-refractivity contribution is 0.169. The highest BCUT2D eigenvalue weighted by Gasteiger charge is 2.27. The van der Waals surface area contributed by atoms with Crippen molar-refractivity contribution >= 4 is 5.82 Å². The summed E-state index contributed by atoms with van der Waals surface area (Å²) < 4.78 is 5.17. The van der Waals surface area contributed by atoms with Crippen LogP contribution in [0.5, 0.6) is 5.88 Å². The Labute approximate surface area is 103 Å². The topological polar surface area (TPSA) is 28.6 Å². The van der Waals surface area contributed by atoms with Gasteiger partial charge in [0.15, 0.2) is 0 Å². The van der Waals surface area contributed by atoms with E-state index in [2.05, 4.69) is 35.7 Å². The maximum Gasteiger partial charge on any atom is 0.214 e. The molecular weight excluding hydrogens is 214 g/mol. The lowest BCUT2D eigenvalue weighted by Gasteiger charge is -2.43. The number of ether oxygens (including phenoxy) is 1. The number of aromatic nitrogens is 1. The summed E-state index contributed by atoms with van der Waals surface area (Å²) in [4.78, 5) is 9.24. The molecule has 1 aliphatic rings. The van der Waals surface area contributed by atoms with Gasteiger partial charge in [0.25, 0.3) is 0 Å². The second kappa shape index (κ2) is 4.92. The van der Waals surface area contributed by atoms with E-state index in [0.29, 0.717) is 18.0 Å². The van der Waals surface area contributed by atoms with Crippen LogP contribution >= 0.6 is 0 Å². The molecule has 1 saturated heterocycles. The molecule has 0 N–H and O–H groups in total. The van der Waals surface area contributed by atoms with Crippen LogP contribution < -0.4 is 9.64 Å². The van der Waals surface area contributed by atoms with Gasteiger partial charge >= 0.3 is 0 Å². The zero-order valence-electron chi connectivity index (χ0n) is 11.1. The molecule has 0 aliphatic carbocycles. The van der Waals surface area contributed by atoms with Gasteiger partial charge in [0, 0.05) is 31.2 Å². The Kier molecular flexibility index (Phi) is 3.52.